The van der Waals surface area contributed by atoms with E-state index in [9.17, 15) is 0 Å². The van der Waals surface area contributed by atoms with Crippen LogP contribution >= 0.6 is 35.6 Å². The fourth-order valence-corrected chi connectivity index (χ4v) is 3.32. The molecule has 0 heterocycles. The van der Waals surface area contributed by atoms with E-state index in [0.717, 1.165) is 29.5 Å². The summed E-state index contributed by atoms with van der Waals surface area (Å²) in [5.74, 6) is 0.204. The summed E-state index contributed by atoms with van der Waals surface area (Å²) in [6.45, 7) is -2.14. The molecule has 2 aromatic rings. The van der Waals surface area contributed by atoms with Gasteiger partial charge in [-0.05, 0) is 48.6 Å². The predicted octanol–water partition coefficient (Wildman–Crippen LogP) is 5.60. The van der Waals surface area contributed by atoms with Gasteiger partial charge < -0.3 is 5.32 Å². The van der Waals surface area contributed by atoms with Gasteiger partial charge in [0, 0.05) is 16.1 Å². The van der Waals surface area contributed by atoms with Crippen molar-refractivity contribution in [2.45, 2.75) is 24.8 Å². The van der Waals surface area contributed by atoms with Gasteiger partial charge in [0.15, 0.2) is 0 Å². The normalized spacial score (nSPS) is 23.2. The van der Waals surface area contributed by atoms with Crippen LogP contribution in [0.15, 0.2) is 42.5 Å². The lowest BCUT2D eigenvalue weighted by molar-refractivity contribution is 0.471. The lowest BCUT2D eigenvalue weighted by atomic mass is 9.77. The lowest BCUT2D eigenvalue weighted by Gasteiger charge is -2.32. The Hall–Kier alpha value is -0.730. The van der Waals surface area contributed by atoms with Crippen molar-refractivity contribution < 1.29 is 4.11 Å². The molecule has 1 aliphatic rings. The van der Waals surface area contributed by atoms with Crippen molar-refractivity contribution in [3.8, 4) is 0 Å². The Balaban J connectivity index is 0.00000208. The number of rotatable bonds is 2. The van der Waals surface area contributed by atoms with Crippen LogP contribution in [-0.2, 0) is 0 Å². The Bertz CT molecular complexity index is 718. The van der Waals surface area contributed by atoms with Crippen LogP contribution in [0.5, 0.6) is 0 Å². The molecule has 0 bridgehead atoms. The van der Waals surface area contributed by atoms with Crippen LogP contribution in [0.4, 0.5) is 0 Å². The maximum Gasteiger partial charge on any atom is 0.0595 e. The Morgan fingerprint density at radius 3 is 2.52 bits per heavy atom. The third-order valence-electron chi connectivity index (χ3n) is 4.01. The topological polar surface area (TPSA) is 12.0 Å². The van der Waals surface area contributed by atoms with E-state index in [4.69, 9.17) is 27.3 Å². The van der Waals surface area contributed by atoms with Gasteiger partial charge in [-0.3, -0.25) is 0 Å². The van der Waals surface area contributed by atoms with E-state index in [0.29, 0.717) is 10.0 Å². The molecule has 0 saturated carbocycles. The number of fused-ring (bicyclic) bond motifs is 1. The van der Waals surface area contributed by atoms with Gasteiger partial charge in [-0.1, -0.05) is 53.5 Å². The average Bonchev–Trinajstić information content (AvgIpc) is 2.49. The highest BCUT2D eigenvalue weighted by Crippen LogP contribution is 2.42. The highest BCUT2D eigenvalue weighted by molar-refractivity contribution is 6.42. The van der Waals surface area contributed by atoms with Crippen molar-refractivity contribution in [2.75, 3.05) is 6.98 Å². The van der Waals surface area contributed by atoms with Gasteiger partial charge in [-0.15, -0.1) is 12.4 Å². The molecule has 0 spiro atoms. The van der Waals surface area contributed by atoms with E-state index in [1.54, 1.807) is 0 Å². The van der Waals surface area contributed by atoms with Gasteiger partial charge >= 0.3 is 0 Å². The first-order chi connectivity index (χ1) is 10.8. The molecular formula is C17H18Cl3N. The molecule has 2 aromatic carbocycles. The molecule has 21 heavy (non-hydrogen) atoms. The molecule has 0 fully saturated rings. The smallest absolute Gasteiger partial charge is 0.0595 e. The van der Waals surface area contributed by atoms with Crippen LogP contribution in [0.2, 0.25) is 10.0 Å². The first-order valence-electron chi connectivity index (χ1n) is 8.16. The summed E-state index contributed by atoms with van der Waals surface area (Å²) in [5.41, 5.74) is 3.31. The number of hydrogen-bond donors (Lipinski definition) is 1. The number of hydrogen-bond acceptors (Lipinski definition) is 1. The van der Waals surface area contributed by atoms with E-state index >= 15 is 0 Å². The van der Waals surface area contributed by atoms with Crippen LogP contribution in [-0.4, -0.2) is 6.98 Å². The Labute approximate surface area is 146 Å². The highest BCUT2D eigenvalue weighted by atomic mass is 35.5. The molecule has 2 atom stereocenters. The minimum atomic E-state index is -2.14. The van der Waals surface area contributed by atoms with Crippen molar-refractivity contribution in [3.05, 3.63) is 69.2 Å². The molecule has 1 nitrogen and oxygen atoms in total. The molecule has 0 radical (unpaired) electrons. The third kappa shape index (κ3) is 3.22. The first-order valence-corrected chi connectivity index (χ1v) is 7.42. The molecule has 0 aromatic heterocycles. The van der Waals surface area contributed by atoms with E-state index in [2.05, 4.69) is 11.4 Å². The molecule has 0 aliphatic heterocycles. The highest BCUT2D eigenvalue weighted by Gasteiger charge is 2.27. The second-order valence-electron chi connectivity index (χ2n) is 5.13. The molecule has 112 valence electrons. The maximum absolute atomic E-state index is 7.47. The van der Waals surface area contributed by atoms with Crippen LogP contribution in [0.3, 0.4) is 0 Å². The van der Waals surface area contributed by atoms with Crippen LogP contribution < -0.4 is 5.32 Å². The standard InChI is InChI=1S/C17H17Cl2N.ClH/c1-20-17-9-7-12(13-4-2-3-5-14(13)17)11-6-8-15(18)16(19)10-11;/h2-6,8,10,12,17,20H,7,9H2,1H3;1H/t12-,17-;/m1./s1/i1D3;. The van der Waals surface area contributed by atoms with Crippen LogP contribution in [0.1, 0.15) is 45.6 Å². The molecule has 3 rings (SSSR count). The predicted molar refractivity (Wildman–Crippen MR) is 93.0 cm³/mol. The third-order valence-corrected chi connectivity index (χ3v) is 4.75. The zero-order chi connectivity index (χ0) is 16.6. The fraction of sp³-hybridized carbons (Fsp3) is 0.294. The van der Waals surface area contributed by atoms with Crippen LogP contribution in [0.25, 0.3) is 0 Å². The van der Waals surface area contributed by atoms with Crippen molar-refractivity contribution in [2.24, 2.45) is 0 Å². The summed E-state index contributed by atoms with van der Waals surface area (Å²) in [5, 5.41) is 3.85. The monoisotopic (exact) mass is 344 g/mol. The number of benzene rings is 2. The van der Waals surface area contributed by atoms with Crippen molar-refractivity contribution in [1.82, 2.24) is 5.32 Å². The fourth-order valence-electron chi connectivity index (χ4n) is 3.02. The van der Waals surface area contributed by atoms with E-state index in [1.807, 2.05) is 36.4 Å². The first kappa shape index (κ1) is 12.8. The zero-order valence-corrected chi connectivity index (χ0v) is 13.6. The number of halogens is 3. The summed E-state index contributed by atoms with van der Waals surface area (Å²) in [7, 11) is 0. The van der Waals surface area contributed by atoms with Gasteiger partial charge in [0.1, 0.15) is 0 Å². The van der Waals surface area contributed by atoms with E-state index in [-0.39, 0.29) is 24.4 Å². The summed E-state index contributed by atoms with van der Waals surface area (Å²) >= 11 is 12.2. The van der Waals surface area contributed by atoms with Crippen molar-refractivity contribution in [3.63, 3.8) is 0 Å². The van der Waals surface area contributed by atoms with Crippen molar-refractivity contribution in [1.29, 1.82) is 0 Å². The summed E-state index contributed by atoms with van der Waals surface area (Å²) < 4.78 is 22.4. The minimum absolute atomic E-state index is 0. The molecule has 0 unspecified atom stereocenters. The number of nitrogens with one attached hydrogen (secondary N) is 1. The van der Waals surface area contributed by atoms with Crippen molar-refractivity contribution >= 4 is 35.6 Å². The quantitative estimate of drug-likeness (QED) is 0.747. The van der Waals surface area contributed by atoms with Gasteiger partial charge in [0.2, 0.25) is 0 Å². The molecule has 4 heteroatoms. The van der Waals surface area contributed by atoms with Crippen LogP contribution in [0, 0.1) is 0 Å². The van der Waals surface area contributed by atoms with Gasteiger partial charge in [0.25, 0.3) is 0 Å². The molecule has 0 amide bonds. The Morgan fingerprint density at radius 1 is 1.05 bits per heavy atom. The summed E-state index contributed by atoms with van der Waals surface area (Å²) in [6.07, 6.45) is 1.63. The lowest BCUT2D eigenvalue weighted by Crippen LogP contribution is -2.24. The van der Waals surface area contributed by atoms with Gasteiger partial charge in [-0.25, -0.2) is 0 Å². The Morgan fingerprint density at radius 2 is 1.81 bits per heavy atom. The van der Waals surface area contributed by atoms with Gasteiger partial charge in [-0.2, -0.15) is 0 Å². The molecule has 1 aliphatic carbocycles. The summed E-state index contributed by atoms with van der Waals surface area (Å²) in [4.78, 5) is 0. The summed E-state index contributed by atoms with van der Waals surface area (Å²) in [6, 6.07) is 13.6. The van der Waals surface area contributed by atoms with Gasteiger partial charge in [0.05, 0.1) is 10.0 Å². The Kier molecular flexibility index (Phi) is 4.27. The largest absolute Gasteiger partial charge is 0.313 e. The second-order valence-corrected chi connectivity index (χ2v) is 5.94. The average molecular weight is 346 g/mol. The molecule has 0 saturated heterocycles. The molecule has 1 N–H and O–H groups in total. The minimum Gasteiger partial charge on any atom is -0.313 e. The molecular weight excluding hydrogens is 325 g/mol. The zero-order valence-electron chi connectivity index (χ0n) is 14.3. The van der Waals surface area contributed by atoms with E-state index in [1.165, 1.54) is 0 Å². The second kappa shape index (κ2) is 7.02. The maximum atomic E-state index is 7.47. The van der Waals surface area contributed by atoms with E-state index < -0.39 is 6.98 Å². The SMILES string of the molecule is Cl.[2H]C([2H])([2H])N[C@@H]1CC[C@H](c2ccc(Cl)c(Cl)c2)c2ccccc21.